The maximum atomic E-state index is 11.2. The van der Waals surface area contributed by atoms with Crippen molar-refractivity contribution >= 4 is 11.9 Å². The molecule has 0 aliphatic rings. The van der Waals surface area contributed by atoms with Gasteiger partial charge in [-0.05, 0) is 6.42 Å². The van der Waals surface area contributed by atoms with Gasteiger partial charge in [0.25, 0.3) is 0 Å². The number of hydrogen-bond acceptors (Lipinski definition) is 3. The Labute approximate surface area is 96.6 Å². The van der Waals surface area contributed by atoms with Gasteiger partial charge in [-0.1, -0.05) is 6.92 Å². The molecule has 0 saturated carbocycles. The number of ether oxygens (including phenoxy) is 1. The minimum atomic E-state index is -0.0205. The van der Waals surface area contributed by atoms with Gasteiger partial charge in [-0.3, -0.25) is 9.79 Å². The predicted molar refractivity (Wildman–Crippen MR) is 64.3 cm³/mol. The van der Waals surface area contributed by atoms with Crippen LogP contribution in [0.4, 0.5) is 0 Å². The molecule has 0 aliphatic heterocycles. The summed E-state index contributed by atoms with van der Waals surface area (Å²) < 4.78 is 4.81. The first kappa shape index (κ1) is 14.7. The molecule has 0 aromatic rings. The molecule has 0 radical (unpaired) electrons. The second-order valence-electron chi connectivity index (χ2n) is 3.29. The summed E-state index contributed by atoms with van der Waals surface area (Å²) in [7, 11) is 1.60. The standard InChI is InChI=1S/C10H22N4O2/c1-3-5-13-10(11)14-6-4-9(15)12-7-8-16-2/h3-8H2,1-2H3,(H,12,15)(H3,11,13,14). The average Bonchev–Trinajstić information content (AvgIpc) is 2.26. The van der Waals surface area contributed by atoms with Crippen LogP contribution in [0.2, 0.25) is 0 Å². The Morgan fingerprint density at radius 3 is 2.75 bits per heavy atom. The van der Waals surface area contributed by atoms with E-state index >= 15 is 0 Å². The number of nitrogens with two attached hydrogens (primary N) is 1. The van der Waals surface area contributed by atoms with Crippen molar-refractivity contribution in [2.75, 3.05) is 33.4 Å². The number of rotatable bonds is 8. The smallest absolute Gasteiger partial charge is 0.221 e. The van der Waals surface area contributed by atoms with Gasteiger partial charge in [0.1, 0.15) is 0 Å². The molecular formula is C10H22N4O2. The largest absolute Gasteiger partial charge is 0.383 e. The molecule has 0 saturated heterocycles. The van der Waals surface area contributed by atoms with Crippen molar-refractivity contribution < 1.29 is 9.53 Å². The van der Waals surface area contributed by atoms with Crippen LogP contribution in [0.5, 0.6) is 0 Å². The van der Waals surface area contributed by atoms with E-state index in [2.05, 4.69) is 15.6 Å². The van der Waals surface area contributed by atoms with E-state index < -0.39 is 0 Å². The van der Waals surface area contributed by atoms with Crippen molar-refractivity contribution in [1.29, 1.82) is 0 Å². The Morgan fingerprint density at radius 1 is 1.38 bits per heavy atom. The lowest BCUT2D eigenvalue weighted by atomic mass is 10.4. The molecule has 0 atom stereocenters. The third-order valence-corrected chi connectivity index (χ3v) is 1.79. The van der Waals surface area contributed by atoms with Gasteiger partial charge in [0.05, 0.1) is 6.61 Å². The van der Waals surface area contributed by atoms with E-state index in [1.54, 1.807) is 7.11 Å². The lowest BCUT2D eigenvalue weighted by molar-refractivity contribution is -0.121. The number of amides is 1. The molecule has 0 aliphatic carbocycles. The van der Waals surface area contributed by atoms with E-state index in [1.165, 1.54) is 0 Å². The number of nitrogens with one attached hydrogen (secondary N) is 2. The molecule has 4 N–H and O–H groups in total. The first-order valence-electron chi connectivity index (χ1n) is 5.50. The molecule has 94 valence electrons. The van der Waals surface area contributed by atoms with Gasteiger partial charge in [-0.25, -0.2) is 0 Å². The Kier molecular flexibility index (Phi) is 9.39. The normalized spacial score (nSPS) is 11.2. The van der Waals surface area contributed by atoms with Gasteiger partial charge >= 0.3 is 0 Å². The number of aliphatic imine (C=N–C) groups is 1. The Morgan fingerprint density at radius 2 is 2.12 bits per heavy atom. The average molecular weight is 230 g/mol. The molecule has 0 bridgehead atoms. The monoisotopic (exact) mass is 230 g/mol. The minimum Gasteiger partial charge on any atom is -0.383 e. The van der Waals surface area contributed by atoms with Crippen LogP contribution < -0.4 is 16.4 Å². The topological polar surface area (TPSA) is 88.7 Å². The van der Waals surface area contributed by atoms with Gasteiger partial charge in [-0.15, -0.1) is 0 Å². The van der Waals surface area contributed by atoms with Crippen molar-refractivity contribution in [3.8, 4) is 0 Å². The minimum absolute atomic E-state index is 0.0205. The quantitative estimate of drug-likeness (QED) is 0.297. The van der Waals surface area contributed by atoms with E-state index in [9.17, 15) is 4.79 Å². The van der Waals surface area contributed by atoms with E-state index in [1.807, 2.05) is 6.92 Å². The molecule has 6 nitrogen and oxygen atoms in total. The fourth-order valence-corrected chi connectivity index (χ4v) is 0.973. The van der Waals surface area contributed by atoms with E-state index in [0.717, 1.165) is 6.42 Å². The van der Waals surface area contributed by atoms with Crippen molar-refractivity contribution in [2.45, 2.75) is 19.8 Å². The molecule has 16 heavy (non-hydrogen) atoms. The number of carbonyl (C=O) groups is 1. The van der Waals surface area contributed by atoms with Crippen LogP contribution in [0.15, 0.2) is 4.99 Å². The summed E-state index contributed by atoms with van der Waals surface area (Å²) in [4.78, 5) is 15.3. The summed E-state index contributed by atoms with van der Waals surface area (Å²) in [5.41, 5.74) is 5.55. The lowest BCUT2D eigenvalue weighted by Gasteiger charge is -2.06. The zero-order chi connectivity index (χ0) is 12.2. The van der Waals surface area contributed by atoms with E-state index in [0.29, 0.717) is 38.6 Å². The SMILES string of the molecule is CCCN=C(N)NCCC(=O)NCCOC. The molecular weight excluding hydrogens is 208 g/mol. The summed E-state index contributed by atoms with van der Waals surface area (Å²) >= 11 is 0. The van der Waals surface area contributed by atoms with Crippen LogP contribution in [0.25, 0.3) is 0 Å². The number of carbonyl (C=O) groups excluding carboxylic acids is 1. The third kappa shape index (κ3) is 9.26. The number of hydrogen-bond donors (Lipinski definition) is 3. The van der Waals surface area contributed by atoms with Gasteiger partial charge in [-0.2, -0.15) is 0 Å². The van der Waals surface area contributed by atoms with Gasteiger partial charge in [0.2, 0.25) is 5.91 Å². The molecule has 0 aromatic carbocycles. The third-order valence-electron chi connectivity index (χ3n) is 1.79. The highest BCUT2D eigenvalue weighted by Gasteiger charge is 1.99. The Bertz CT molecular complexity index is 219. The van der Waals surface area contributed by atoms with E-state index in [-0.39, 0.29) is 5.91 Å². The Balaban J connectivity index is 3.46. The molecule has 0 spiro atoms. The second kappa shape index (κ2) is 10.2. The van der Waals surface area contributed by atoms with Crippen molar-refractivity contribution in [3.63, 3.8) is 0 Å². The number of guanidine groups is 1. The number of methoxy groups -OCH3 is 1. The first-order chi connectivity index (χ1) is 7.70. The number of nitrogens with zero attached hydrogens (tertiary/aromatic N) is 1. The predicted octanol–water partition coefficient (Wildman–Crippen LogP) is -0.547. The molecule has 0 unspecified atom stereocenters. The van der Waals surface area contributed by atoms with Gasteiger partial charge in [0, 0.05) is 33.2 Å². The molecule has 0 heterocycles. The summed E-state index contributed by atoms with van der Waals surface area (Å²) in [6.45, 7) is 4.30. The summed E-state index contributed by atoms with van der Waals surface area (Å²) in [5.74, 6) is 0.374. The highest BCUT2D eigenvalue weighted by atomic mass is 16.5. The van der Waals surface area contributed by atoms with Crippen LogP contribution in [0, 0.1) is 0 Å². The summed E-state index contributed by atoms with van der Waals surface area (Å²) in [6, 6.07) is 0. The van der Waals surface area contributed by atoms with Crippen molar-refractivity contribution in [1.82, 2.24) is 10.6 Å². The van der Waals surface area contributed by atoms with Gasteiger partial charge in [0.15, 0.2) is 5.96 Å². The van der Waals surface area contributed by atoms with Gasteiger partial charge < -0.3 is 21.1 Å². The van der Waals surface area contributed by atoms with Crippen LogP contribution >= 0.6 is 0 Å². The fraction of sp³-hybridized carbons (Fsp3) is 0.800. The molecule has 0 fully saturated rings. The highest BCUT2D eigenvalue weighted by Crippen LogP contribution is 1.79. The molecule has 0 aromatic heterocycles. The van der Waals surface area contributed by atoms with E-state index in [4.69, 9.17) is 10.5 Å². The summed E-state index contributed by atoms with van der Waals surface area (Å²) in [5, 5.41) is 5.59. The van der Waals surface area contributed by atoms with Crippen molar-refractivity contribution in [2.24, 2.45) is 10.7 Å². The van der Waals surface area contributed by atoms with Crippen LogP contribution in [0.3, 0.4) is 0 Å². The second-order valence-corrected chi connectivity index (χ2v) is 3.29. The molecule has 6 heteroatoms. The first-order valence-corrected chi connectivity index (χ1v) is 5.50. The van der Waals surface area contributed by atoms with Crippen LogP contribution in [-0.2, 0) is 9.53 Å². The summed E-state index contributed by atoms with van der Waals surface area (Å²) in [6.07, 6.45) is 1.34. The highest BCUT2D eigenvalue weighted by molar-refractivity contribution is 5.79. The Hall–Kier alpha value is -1.30. The molecule has 0 rings (SSSR count). The van der Waals surface area contributed by atoms with Crippen LogP contribution in [-0.4, -0.2) is 45.2 Å². The van der Waals surface area contributed by atoms with Crippen molar-refractivity contribution in [3.05, 3.63) is 0 Å². The zero-order valence-electron chi connectivity index (χ0n) is 10.1. The van der Waals surface area contributed by atoms with Crippen LogP contribution in [0.1, 0.15) is 19.8 Å². The maximum absolute atomic E-state index is 11.2. The lowest BCUT2D eigenvalue weighted by Crippen LogP contribution is -2.36. The molecule has 1 amide bonds. The zero-order valence-corrected chi connectivity index (χ0v) is 10.1. The maximum Gasteiger partial charge on any atom is 0.221 e. The fourth-order valence-electron chi connectivity index (χ4n) is 0.973.